The van der Waals surface area contributed by atoms with Gasteiger partial charge in [0.1, 0.15) is 6.10 Å². The molecular formula is C17H23N3O4. The van der Waals surface area contributed by atoms with Crippen molar-refractivity contribution < 1.29 is 19.1 Å². The Hall–Kier alpha value is -2.41. The van der Waals surface area contributed by atoms with Gasteiger partial charge in [-0.05, 0) is 30.7 Å². The van der Waals surface area contributed by atoms with Crippen LogP contribution in [0.5, 0.6) is 0 Å². The first-order valence-electron chi connectivity index (χ1n) is 8.07. The Balaban J connectivity index is 1.88. The molecule has 0 aliphatic carbocycles. The second kappa shape index (κ2) is 8.44. The highest BCUT2D eigenvalue weighted by Gasteiger charge is 2.30. The summed E-state index contributed by atoms with van der Waals surface area (Å²) in [4.78, 5) is 37.1. The number of nitrogens with one attached hydrogen (secondary N) is 2. The van der Waals surface area contributed by atoms with E-state index in [9.17, 15) is 14.4 Å². The van der Waals surface area contributed by atoms with Gasteiger partial charge in [-0.1, -0.05) is 6.92 Å². The number of morpholine rings is 1. The molecular weight excluding hydrogens is 310 g/mol. The van der Waals surface area contributed by atoms with E-state index in [0.717, 1.165) is 6.42 Å². The molecule has 1 saturated heterocycles. The number of benzene rings is 1. The number of rotatable bonds is 6. The molecule has 1 aromatic carbocycles. The second-order valence-corrected chi connectivity index (χ2v) is 5.70. The minimum Gasteiger partial charge on any atom is -0.366 e. The first-order chi connectivity index (χ1) is 11.5. The Morgan fingerprint density at radius 2 is 1.83 bits per heavy atom. The lowest BCUT2D eigenvalue weighted by Gasteiger charge is -2.32. The summed E-state index contributed by atoms with van der Waals surface area (Å²) in [5.41, 5.74) is 1.25. The second-order valence-electron chi connectivity index (χ2n) is 5.70. The molecule has 1 heterocycles. The normalized spacial score (nSPS) is 17.5. The van der Waals surface area contributed by atoms with Crippen molar-refractivity contribution in [3.05, 3.63) is 24.3 Å². The smallest absolute Gasteiger partial charge is 0.252 e. The number of hydrogen-bond acceptors (Lipinski definition) is 4. The zero-order chi connectivity index (χ0) is 17.5. The van der Waals surface area contributed by atoms with Crippen molar-refractivity contribution in [1.82, 2.24) is 4.90 Å². The molecule has 0 radical (unpaired) electrons. The number of carbonyl (C=O) groups is 3. The topological polar surface area (TPSA) is 87.7 Å². The fraction of sp³-hybridized carbons (Fsp3) is 0.471. The highest BCUT2D eigenvalue weighted by Crippen LogP contribution is 2.16. The average molecular weight is 333 g/mol. The van der Waals surface area contributed by atoms with E-state index in [1.165, 1.54) is 6.92 Å². The van der Waals surface area contributed by atoms with Crippen LogP contribution in [0, 0.1) is 0 Å². The molecule has 1 fully saturated rings. The summed E-state index contributed by atoms with van der Waals surface area (Å²) in [6.45, 7) is 5.16. The van der Waals surface area contributed by atoms with Crippen molar-refractivity contribution >= 4 is 29.1 Å². The van der Waals surface area contributed by atoms with E-state index in [4.69, 9.17) is 4.74 Å². The summed E-state index contributed by atoms with van der Waals surface area (Å²) in [5, 5.41) is 5.39. The fourth-order valence-electron chi connectivity index (χ4n) is 2.55. The molecule has 0 unspecified atom stereocenters. The van der Waals surface area contributed by atoms with Gasteiger partial charge in [-0.2, -0.15) is 0 Å². The summed E-state index contributed by atoms with van der Waals surface area (Å²) in [6, 6.07) is 6.77. The molecule has 7 heteroatoms. The first-order valence-corrected chi connectivity index (χ1v) is 8.07. The Morgan fingerprint density at radius 1 is 1.21 bits per heavy atom. The fourth-order valence-corrected chi connectivity index (χ4v) is 2.55. The molecule has 2 N–H and O–H groups in total. The molecule has 7 nitrogen and oxygen atoms in total. The van der Waals surface area contributed by atoms with Crippen LogP contribution in [0.25, 0.3) is 0 Å². The van der Waals surface area contributed by atoms with Crippen molar-refractivity contribution in [3.63, 3.8) is 0 Å². The Kier molecular flexibility index (Phi) is 6.31. The van der Waals surface area contributed by atoms with Crippen molar-refractivity contribution in [2.24, 2.45) is 0 Å². The van der Waals surface area contributed by atoms with E-state index in [2.05, 4.69) is 10.6 Å². The highest BCUT2D eigenvalue weighted by molar-refractivity contribution is 5.95. The quantitative estimate of drug-likeness (QED) is 0.828. The van der Waals surface area contributed by atoms with E-state index in [1.807, 2.05) is 6.92 Å². The lowest BCUT2D eigenvalue weighted by molar-refractivity contribution is -0.155. The Bertz CT molecular complexity index is 598. The zero-order valence-electron chi connectivity index (χ0n) is 14.0. The number of nitrogens with zero attached hydrogens (tertiary/aromatic N) is 1. The van der Waals surface area contributed by atoms with Crippen LogP contribution in [-0.2, 0) is 19.1 Å². The van der Waals surface area contributed by atoms with Crippen molar-refractivity contribution in [2.45, 2.75) is 32.8 Å². The van der Waals surface area contributed by atoms with E-state index >= 15 is 0 Å². The minimum absolute atomic E-state index is 0.00745. The summed E-state index contributed by atoms with van der Waals surface area (Å²) >= 11 is 0. The van der Waals surface area contributed by atoms with Gasteiger partial charge in [-0.3, -0.25) is 14.4 Å². The molecule has 0 saturated carbocycles. The van der Waals surface area contributed by atoms with Gasteiger partial charge >= 0.3 is 0 Å². The van der Waals surface area contributed by atoms with E-state index in [-0.39, 0.29) is 24.1 Å². The van der Waals surface area contributed by atoms with Crippen LogP contribution >= 0.6 is 0 Å². The van der Waals surface area contributed by atoms with Gasteiger partial charge in [0, 0.05) is 31.4 Å². The van der Waals surface area contributed by atoms with Crippen molar-refractivity contribution in [1.29, 1.82) is 0 Å². The van der Waals surface area contributed by atoms with Gasteiger partial charge in [-0.25, -0.2) is 0 Å². The van der Waals surface area contributed by atoms with Crippen LogP contribution in [0.2, 0.25) is 0 Å². The molecule has 0 spiro atoms. The van der Waals surface area contributed by atoms with E-state index in [0.29, 0.717) is 31.1 Å². The number of ether oxygens (including phenoxy) is 1. The number of anilines is 2. The first kappa shape index (κ1) is 17.9. The monoisotopic (exact) mass is 333 g/mol. The summed E-state index contributed by atoms with van der Waals surface area (Å²) in [5.74, 6) is -0.561. The van der Waals surface area contributed by atoms with Gasteiger partial charge < -0.3 is 20.3 Å². The lowest BCUT2D eigenvalue weighted by Crippen LogP contribution is -2.49. The van der Waals surface area contributed by atoms with Crippen LogP contribution in [0.15, 0.2) is 24.3 Å². The van der Waals surface area contributed by atoms with Crippen LogP contribution in [-0.4, -0.2) is 48.4 Å². The molecule has 3 amide bonds. The molecule has 1 aliphatic rings. The van der Waals surface area contributed by atoms with Gasteiger partial charge in [0.05, 0.1) is 13.0 Å². The molecule has 24 heavy (non-hydrogen) atoms. The summed E-state index contributed by atoms with van der Waals surface area (Å²) < 4.78 is 5.44. The maximum atomic E-state index is 12.2. The van der Waals surface area contributed by atoms with Crippen LogP contribution in [0.1, 0.15) is 26.7 Å². The Morgan fingerprint density at radius 3 is 2.42 bits per heavy atom. The van der Waals surface area contributed by atoms with Gasteiger partial charge in [0.25, 0.3) is 5.91 Å². The molecule has 130 valence electrons. The third-order valence-electron chi connectivity index (χ3n) is 3.62. The van der Waals surface area contributed by atoms with Gasteiger partial charge in [-0.15, -0.1) is 0 Å². The highest BCUT2D eigenvalue weighted by atomic mass is 16.5. The average Bonchev–Trinajstić information content (AvgIpc) is 2.53. The Labute approximate surface area is 141 Å². The lowest BCUT2D eigenvalue weighted by atomic mass is 10.1. The summed E-state index contributed by atoms with van der Waals surface area (Å²) in [6.07, 6.45) is 0.154. The number of carbonyl (C=O) groups excluding carboxylic acids is 3. The van der Waals surface area contributed by atoms with E-state index in [1.54, 1.807) is 29.2 Å². The standard InChI is InChI=1S/C17H23N3O4/c1-3-8-20-9-10-24-15(17(20)23)11-16(22)19-14-6-4-13(5-7-14)18-12(2)21/h4-7,15H,3,8-11H2,1-2H3,(H,18,21)(H,19,22)/t15-/m0/s1. The van der Waals surface area contributed by atoms with E-state index < -0.39 is 6.10 Å². The van der Waals surface area contributed by atoms with Crippen LogP contribution < -0.4 is 10.6 Å². The maximum absolute atomic E-state index is 12.2. The van der Waals surface area contributed by atoms with Crippen LogP contribution in [0.3, 0.4) is 0 Å². The maximum Gasteiger partial charge on any atom is 0.252 e. The predicted molar refractivity (Wildman–Crippen MR) is 90.6 cm³/mol. The third-order valence-corrected chi connectivity index (χ3v) is 3.62. The molecule has 0 aromatic heterocycles. The molecule has 2 rings (SSSR count). The molecule has 1 atom stereocenters. The largest absolute Gasteiger partial charge is 0.366 e. The summed E-state index contributed by atoms with van der Waals surface area (Å²) in [7, 11) is 0. The third kappa shape index (κ3) is 5.06. The van der Waals surface area contributed by atoms with Crippen molar-refractivity contribution in [2.75, 3.05) is 30.3 Å². The zero-order valence-corrected chi connectivity index (χ0v) is 14.0. The molecule has 1 aliphatic heterocycles. The SMILES string of the molecule is CCCN1CCO[C@@H](CC(=O)Nc2ccc(NC(C)=O)cc2)C1=O. The van der Waals surface area contributed by atoms with Gasteiger partial charge in [0.2, 0.25) is 11.8 Å². The van der Waals surface area contributed by atoms with Gasteiger partial charge in [0.15, 0.2) is 0 Å². The van der Waals surface area contributed by atoms with Crippen LogP contribution in [0.4, 0.5) is 11.4 Å². The number of amides is 3. The molecule has 0 bridgehead atoms. The minimum atomic E-state index is -0.719. The predicted octanol–water partition coefficient (Wildman–Crippen LogP) is 1.61. The van der Waals surface area contributed by atoms with Crippen molar-refractivity contribution in [3.8, 4) is 0 Å². The molecule has 1 aromatic rings. The number of hydrogen-bond donors (Lipinski definition) is 2.